The van der Waals surface area contributed by atoms with Gasteiger partial charge in [0.2, 0.25) is 0 Å². The molecule has 0 saturated carbocycles. The second-order valence-electron chi connectivity index (χ2n) is 4.13. The Balaban J connectivity index is 2.17. The van der Waals surface area contributed by atoms with Crippen LogP contribution in [0.5, 0.6) is 5.75 Å². The monoisotopic (exact) mass is 269 g/mol. The van der Waals surface area contributed by atoms with Crippen LogP contribution in [0.3, 0.4) is 0 Å². The van der Waals surface area contributed by atoms with Gasteiger partial charge in [-0.25, -0.2) is 4.98 Å². The van der Waals surface area contributed by atoms with E-state index in [0.717, 1.165) is 16.3 Å². The quantitative estimate of drug-likeness (QED) is 0.813. The van der Waals surface area contributed by atoms with Crippen LogP contribution in [0, 0.1) is 0 Å². The lowest BCUT2D eigenvalue weighted by molar-refractivity contribution is -0.0498. The SMILES string of the molecule is CC(C)c1nc(-c2ccc(OC(F)F)cc2)cs1. The van der Waals surface area contributed by atoms with Crippen molar-refractivity contribution in [3.05, 3.63) is 34.7 Å². The molecule has 0 atom stereocenters. The molecule has 2 aromatic rings. The average Bonchev–Trinajstić information content (AvgIpc) is 2.78. The van der Waals surface area contributed by atoms with Crippen LogP contribution in [0.4, 0.5) is 8.78 Å². The summed E-state index contributed by atoms with van der Waals surface area (Å²) in [5.74, 6) is 0.554. The van der Waals surface area contributed by atoms with Gasteiger partial charge in [0, 0.05) is 16.9 Å². The maximum atomic E-state index is 12.0. The zero-order valence-electron chi connectivity index (χ0n) is 10.1. The van der Waals surface area contributed by atoms with E-state index in [1.807, 2.05) is 5.38 Å². The predicted octanol–water partition coefficient (Wildman–Crippen LogP) is 4.53. The van der Waals surface area contributed by atoms with Crippen LogP contribution >= 0.6 is 11.3 Å². The van der Waals surface area contributed by atoms with E-state index >= 15 is 0 Å². The summed E-state index contributed by atoms with van der Waals surface area (Å²) >= 11 is 1.60. The molecule has 0 saturated heterocycles. The van der Waals surface area contributed by atoms with Crippen LogP contribution in [0.25, 0.3) is 11.3 Å². The molecule has 0 bridgehead atoms. The Morgan fingerprint density at radius 1 is 1.17 bits per heavy atom. The Bertz CT molecular complexity index is 508. The molecule has 96 valence electrons. The summed E-state index contributed by atoms with van der Waals surface area (Å²) in [4.78, 5) is 4.50. The first-order valence-corrected chi connectivity index (χ1v) is 6.45. The number of hydrogen-bond donors (Lipinski definition) is 0. The van der Waals surface area contributed by atoms with Gasteiger partial charge < -0.3 is 4.74 Å². The fraction of sp³-hybridized carbons (Fsp3) is 0.308. The van der Waals surface area contributed by atoms with Gasteiger partial charge in [-0.1, -0.05) is 13.8 Å². The molecule has 0 aliphatic carbocycles. The van der Waals surface area contributed by atoms with E-state index in [0.29, 0.717) is 5.92 Å². The fourth-order valence-corrected chi connectivity index (χ4v) is 2.34. The van der Waals surface area contributed by atoms with Crippen molar-refractivity contribution in [3.63, 3.8) is 0 Å². The highest BCUT2D eigenvalue weighted by molar-refractivity contribution is 7.10. The number of benzene rings is 1. The first-order chi connectivity index (χ1) is 8.56. The Hall–Kier alpha value is -1.49. The number of nitrogens with zero attached hydrogens (tertiary/aromatic N) is 1. The Labute approximate surface area is 108 Å². The van der Waals surface area contributed by atoms with Gasteiger partial charge >= 0.3 is 6.61 Å². The number of halogens is 2. The molecule has 0 amide bonds. The van der Waals surface area contributed by atoms with Crippen molar-refractivity contribution in [2.45, 2.75) is 26.4 Å². The summed E-state index contributed by atoms with van der Waals surface area (Å²) in [6, 6.07) is 6.51. The number of aromatic nitrogens is 1. The van der Waals surface area contributed by atoms with Gasteiger partial charge in [-0.15, -0.1) is 11.3 Å². The van der Waals surface area contributed by atoms with E-state index in [1.54, 1.807) is 23.5 Å². The molecule has 0 N–H and O–H groups in total. The Morgan fingerprint density at radius 3 is 2.33 bits per heavy atom. The van der Waals surface area contributed by atoms with Crippen molar-refractivity contribution in [1.29, 1.82) is 0 Å². The Morgan fingerprint density at radius 2 is 1.83 bits per heavy atom. The van der Waals surface area contributed by atoms with Crippen molar-refractivity contribution >= 4 is 11.3 Å². The molecular weight excluding hydrogens is 256 g/mol. The first kappa shape index (κ1) is 13.0. The molecule has 0 aliphatic heterocycles. The topological polar surface area (TPSA) is 22.1 Å². The second kappa shape index (κ2) is 5.44. The maximum absolute atomic E-state index is 12.0. The van der Waals surface area contributed by atoms with Gasteiger partial charge in [-0.3, -0.25) is 0 Å². The van der Waals surface area contributed by atoms with Gasteiger partial charge in [0.05, 0.1) is 10.7 Å². The second-order valence-corrected chi connectivity index (χ2v) is 5.02. The normalized spacial score (nSPS) is 11.2. The molecule has 18 heavy (non-hydrogen) atoms. The highest BCUT2D eigenvalue weighted by Crippen LogP contribution is 2.27. The number of thiazole rings is 1. The van der Waals surface area contributed by atoms with Crippen LogP contribution < -0.4 is 4.74 Å². The van der Waals surface area contributed by atoms with Crippen molar-refractivity contribution in [1.82, 2.24) is 4.98 Å². The molecule has 1 aromatic heterocycles. The highest BCUT2D eigenvalue weighted by atomic mass is 32.1. The minimum Gasteiger partial charge on any atom is -0.435 e. The summed E-state index contributed by atoms with van der Waals surface area (Å²) in [7, 11) is 0. The largest absolute Gasteiger partial charge is 0.435 e. The first-order valence-electron chi connectivity index (χ1n) is 5.57. The van der Waals surface area contributed by atoms with E-state index in [2.05, 4.69) is 23.6 Å². The van der Waals surface area contributed by atoms with Crippen molar-refractivity contribution in [2.75, 3.05) is 0 Å². The zero-order valence-corrected chi connectivity index (χ0v) is 10.9. The van der Waals surface area contributed by atoms with Crippen molar-refractivity contribution < 1.29 is 13.5 Å². The molecule has 0 spiro atoms. The highest BCUT2D eigenvalue weighted by Gasteiger charge is 2.08. The fourth-order valence-electron chi connectivity index (χ4n) is 1.49. The maximum Gasteiger partial charge on any atom is 0.387 e. The van der Waals surface area contributed by atoms with Crippen LogP contribution in [0.15, 0.2) is 29.6 Å². The minimum atomic E-state index is -2.79. The van der Waals surface area contributed by atoms with E-state index in [4.69, 9.17) is 0 Å². The summed E-state index contributed by atoms with van der Waals surface area (Å²) in [6.07, 6.45) is 0. The lowest BCUT2D eigenvalue weighted by Crippen LogP contribution is -2.01. The van der Waals surface area contributed by atoms with Gasteiger partial charge in [-0.05, 0) is 24.3 Å². The van der Waals surface area contributed by atoms with E-state index in [-0.39, 0.29) is 5.75 Å². The standard InChI is InChI=1S/C13H13F2NOS/c1-8(2)12-16-11(7-18-12)9-3-5-10(6-4-9)17-13(14)15/h3-8,13H,1-2H3. The molecule has 1 aromatic carbocycles. The molecular formula is C13H13F2NOS. The molecule has 0 unspecified atom stereocenters. The van der Waals surface area contributed by atoms with Crippen LogP contribution in [-0.4, -0.2) is 11.6 Å². The number of ether oxygens (including phenoxy) is 1. The number of alkyl halides is 2. The van der Waals surface area contributed by atoms with Gasteiger partial charge in [-0.2, -0.15) is 8.78 Å². The third-order valence-corrected chi connectivity index (χ3v) is 3.54. The van der Waals surface area contributed by atoms with E-state index in [9.17, 15) is 8.78 Å². The van der Waals surface area contributed by atoms with Crippen molar-refractivity contribution in [3.8, 4) is 17.0 Å². The van der Waals surface area contributed by atoms with Crippen LogP contribution in [-0.2, 0) is 0 Å². The molecule has 5 heteroatoms. The summed E-state index contributed by atoms with van der Waals surface area (Å²) in [5.41, 5.74) is 1.77. The third-order valence-electron chi connectivity index (χ3n) is 2.39. The predicted molar refractivity (Wildman–Crippen MR) is 68.3 cm³/mol. The third kappa shape index (κ3) is 3.04. The van der Waals surface area contributed by atoms with Crippen molar-refractivity contribution in [2.24, 2.45) is 0 Å². The van der Waals surface area contributed by atoms with Gasteiger partial charge in [0.25, 0.3) is 0 Å². The lowest BCUT2D eigenvalue weighted by Gasteiger charge is -2.04. The molecule has 0 fully saturated rings. The molecule has 1 heterocycles. The van der Waals surface area contributed by atoms with E-state index < -0.39 is 6.61 Å². The Kier molecular flexibility index (Phi) is 3.91. The summed E-state index contributed by atoms with van der Waals surface area (Å²) < 4.78 is 28.3. The molecule has 2 rings (SSSR count). The molecule has 0 aliphatic rings. The number of rotatable bonds is 4. The molecule has 0 radical (unpaired) electrons. The van der Waals surface area contributed by atoms with Gasteiger partial charge in [0.1, 0.15) is 5.75 Å². The van der Waals surface area contributed by atoms with E-state index in [1.165, 1.54) is 12.1 Å². The average molecular weight is 269 g/mol. The smallest absolute Gasteiger partial charge is 0.387 e. The summed E-state index contributed by atoms with van der Waals surface area (Å²) in [6.45, 7) is 1.38. The summed E-state index contributed by atoms with van der Waals surface area (Å²) in [5, 5.41) is 3.04. The number of hydrogen-bond acceptors (Lipinski definition) is 3. The minimum absolute atomic E-state index is 0.160. The van der Waals surface area contributed by atoms with Crippen LogP contribution in [0.2, 0.25) is 0 Å². The molecule has 2 nitrogen and oxygen atoms in total. The van der Waals surface area contributed by atoms with Crippen LogP contribution in [0.1, 0.15) is 24.8 Å². The van der Waals surface area contributed by atoms with Gasteiger partial charge in [0.15, 0.2) is 0 Å². The lowest BCUT2D eigenvalue weighted by atomic mass is 10.1. The zero-order chi connectivity index (χ0) is 13.1.